The van der Waals surface area contributed by atoms with Crippen LogP contribution >= 0.6 is 0 Å². The highest BCUT2D eigenvalue weighted by atomic mass is 16.2. The van der Waals surface area contributed by atoms with Gasteiger partial charge >= 0.3 is 0 Å². The van der Waals surface area contributed by atoms with Crippen molar-refractivity contribution in [1.29, 1.82) is 0 Å². The fourth-order valence-corrected chi connectivity index (χ4v) is 3.22. The number of rotatable bonds is 6. The van der Waals surface area contributed by atoms with Crippen molar-refractivity contribution in [2.45, 2.75) is 38.3 Å². The van der Waals surface area contributed by atoms with Crippen LogP contribution in [0, 0.1) is 0 Å². The average Bonchev–Trinajstić information content (AvgIpc) is 3.15. The largest absolute Gasteiger partial charge is 0.352 e. The number of piperidine rings is 1. The Balaban J connectivity index is 1.51. The first-order chi connectivity index (χ1) is 12.2. The van der Waals surface area contributed by atoms with Gasteiger partial charge in [-0.05, 0) is 37.8 Å². The molecule has 1 N–H and O–H groups in total. The molecule has 2 aromatic rings. The molecule has 25 heavy (non-hydrogen) atoms. The molecular formula is C18H23N5O2. The Bertz CT molecular complexity index is 687. The molecule has 0 radical (unpaired) electrons. The van der Waals surface area contributed by atoms with Crippen LogP contribution in [0.5, 0.6) is 0 Å². The minimum absolute atomic E-state index is 0.0598. The first-order valence-corrected chi connectivity index (χ1v) is 8.69. The number of hydrogen-bond donors (Lipinski definition) is 1. The van der Waals surface area contributed by atoms with Crippen LogP contribution in [0.25, 0.3) is 0 Å². The zero-order valence-electron chi connectivity index (χ0n) is 14.2. The normalized spacial score (nSPS) is 17.3. The first kappa shape index (κ1) is 17.1. The zero-order valence-corrected chi connectivity index (χ0v) is 14.2. The Morgan fingerprint density at radius 2 is 2.04 bits per heavy atom. The van der Waals surface area contributed by atoms with Crippen LogP contribution in [0.1, 0.15) is 36.0 Å². The molecule has 0 bridgehead atoms. The molecule has 0 saturated carbocycles. The molecule has 0 spiro atoms. The highest BCUT2D eigenvalue weighted by molar-refractivity contribution is 5.94. The van der Waals surface area contributed by atoms with Crippen LogP contribution in [0.3, 0.4) is 0 Å². The molecule has 7 nitrogen and oxygen atoms in total. The molecule has 1 fully saturated rings. The van der Waals surface area contributed by atoms with E-state index in [0.29, 0.717) is 12.1 Å². The first-order valence-electron chi connectivity index (χ1n) is 8.69. The summed E-state index contributed by atoms with van der Waals surface area (Å²) in [4.78, 5) is 30.4. The topological polar surface area (TPSA) is 80.1 Å². The number of carbonyl (C=O) groups is 2. The number of hydrogen-bond acceptors (Lipinski definition) is 4. The zero-order chi connectivity index (χ0) is 17.5. The number of nitrogens with zero attached hydrogens (tertiary/aromatic N) is 4. The van der Waals surface area contributed by atoms with E-state index in [2.05, 4.69) is 15.4 Å². The molecule has 3 rings (SSSR count). The van der Waals surface area contributed by atoms with Crippen molar-refractivity contribution in [3.63, 3.8) is 0 Å². The molecule has 1 aromatic heterocycles. The van der Waals surface area contributed by atoms with Gasteiger partial charge in [0.2, 0.25) is 5.91 Å². The lowest BCUT2D eigenvalue weighted by Gasteiger charge is -2.36. The number of likely N-dealkylation sites (tertiary alicyclic amines) is 1. The molecule has 0 unspecified atom stereocenters. The molecule has 2 heterocycles. The van der Waals surface area contributed by atoms with Crippen LogP contribution in [-0.4, -0.2) is 50.6 Å². The molecule has 1 aliphatic rings. The second-order valence-electron chi connectivity index (χ2n) is 6.24. The third-order valence-corrected chi connectivity index (χ3v) is 4.51. The summed E-state index contributed by atoms with van der Waals surface area (Å²) in [5.41, 5.74) is 0.658. The van der Waals surface area contributed by atoms with Gasteiger partial charge in [0, 0.05) is 24.7 Å². The van der Waals surface area contributed by atoms with Gasteiger partial charge in [-0.3, -0.25) is 9.59 Å². The van der Waals surface area contributed by atoms with Crippen LogP contribution < -0.4 is 5.32 Å². The van der Waals surface area contributed by atoms with Gasteiger partial charge in [0.15, 0.2) is 0 Å². The highest BCUT2D eigenvalue weighted by Crippen LogP contribution is 2.20. The second kappa shape index (κ2) is 8.41. The number of aromatic nitrogens is 3. The molecule has 1 aromatic carbocycles. The number of amides is 2. The Kier molecular flexibility index (Phi) is 5.77. The minimum Gasteiger partial charge on any atom is -0.352 e. The maximum atomic E-state index is 12.5. The maximum Gasteiger partial charge on any atom is 0.251 e. The fourth-order valence-electron chi connectivity index (χ4n) is 3.22. The third kappa shape index (κ3) is 4.65. The second-order valence-corrected chi connectivity index (χ2v) is 6.24. The van der Waals surface area contributed by atoms with Gasteiger partial charge in [-0.25, -0.2) is 9.67 Å². The van der Waals surface area contributed by atoms with E-state index in [9.17, 15) is 9.59 Å². The van der Waals surface area contributed by atoms with Crippen molar-refractivity contribution in [1.82, 2.24) is 25.0 Å². The fraction of sp³-hybridized carbons (Fsp3) is 0.444. The predicted molar refractivity (Wildman–Crippen MR) is 92.8 cm³/mol. The van der Waals surface area contributed by atoms with E-state index in [1.54, 1.807) is 23.1 Å². The summed E-state index contributed by atoms with van der Waals surface area (Å²) in [6.07, 6.45) is 6.86. The molecule has 1 atom stereocenters. The van der Waals surface area contributed by atoms with Crippen molar-refractivity contribution in [2.24, 2.45) is 0 Å². The summed E-state index contributed by atoms with van der Waals surface area (Å²) in [7, 11) is 0. The predicted octanol–water partition coefficient (Wildman–Crippen LogP) is 1.48. The van der Waals surface area contributed by atoms with E-state index >= 15 is 0 Å². The molecule has 1 saturated heterocycles. The molecular weight excluding hydrogens is 318 g/mol. The van der Waals surface area contributed by atoms with E-state index in [4.69, 9.17) is 0 Å². The lowest BCUT2D eigenvalue weighted by atomic mass is 9.99. The molecule has 1 aliphatic heterocycles. The Morgan fingerprint density at radius 1 is 1.20 bits per heavy atom. The maximum absolute atomic E-state index is 12.5. The summed E-state index contributed by atoms with van der Waals surface area (Å²) in [6, 6.07) is 9.34. The van der Waals surface area contributed by atoms with Crippen molar-refractivity contribution in [2.75, 3.05) is 13.1 Å². The summed E-state index contributed by atoms with van der Waals surface area (Å²) >= 11 is 0. The van der Waals surface area contributed by atoms with Gasteiger partial charge in [-0.1, -0.05) is 18.2 Å². The third-order valence-electron chi connectivity index (χ3n) is 4.51. The smallest absolute Gasteiger partial charge is 0.251 e. The van der Waals surface area contributed by atoms with Crippen molar-refractivity contribution < 1.29 is 9.59 Å². The van der Waals surface area contributed by atoms with Crippen LogP contribution in [0.4, 0.5) is 0 Å². The monoisotopic (exact) mass is 341 g/mol. The number of benzene rings is 1. The van der Waals surface area contributed by atoms with Crippen molar-refractivity contribution >= 4 is 11.8 Å². The van der Waals surface area contributed by atoms with E-state index in [0.717, 1.165) is 32.2 Å². The van der Waals surface area contributed by atoms with E-state index in [1.807, 2.05) is 23.1 Å². The summed E-state index contributed by atoms with van der Waals surface area (Å²) < 4.78 is 1.55. The van der Waals surface area contributed by atoms with Crippen molar-refractivity contribution in [3.8, 4) is 0 Å². The van der Waals surface area contributed by atoms with Gasteiger partial charge in [-0.2, -0.15) is 5.10 Å². The van der Waals surface area contributed by atoms with E-state index in [1.165, 1.54) is 6.33 Å². The van der Waals surface area contributed by atoms with Crippen LogP contribution in [-0.2, 0) is 11.3 Å². The van der Waals surface area contributed by atoms with Gasteiger partial charge in [-0.15, -0.1) is 0 Å². The standard InChI is InChI=1S/C18H23N5O2/c24-17(12-22-14-19-13-21-22)23-11-5-4-8-16(23)9-10-20-18(25)15-6-2-1-3-7-15/h1-3,6-7,13-14,16H,4-5,8-12H2,(H,20,25)/t16-/m0/s1. The minimum atomic E-state index is -0.0723. The summed E-state index contributed by atoms with van der Waals surface area (Å²) in [6.45, 7) is 1.54. The van der Waals surface area contributed by atoms with E-state index < -0.39 is 0 Å². The highest BCUT2D eigenvalue weighted by Gasteiger charge is 2.26. The van der Waals surface area contributed by atoms with Gasteiger partial charge in [0.1, 0.15) is 19.2 Å². The SMILES string of the molecule is O=C(NCC[C@@H]1CCCCN1C(=O)Cn1cncn1)c1ccccc1. The van der Waals surface area contributed by atoms with Crippen molar-refractivity contribution in [3.05, 3.63) is 48.5 Å². The Labute approximate surface area is 147 Å². The van der Waals surface area contributed by atoms with E-state index in [-0.39, 0.29) is 24.4 Å². The quantitative estimate of drug-likeness (QED) is 0.863. The number of carbonyl (C=O) groups excluding carboxylic acids is 2. The van der Waals surface area contributed by atoms with Gasteiger partial charge in [0.25, 0.3) is 5.91 Å². The van der Waals surface area contributed by atoms with Crippen LogP contribution in [0.15, 0.2) is 43.0 Å². The summed E-state index contributed by atoms with van der Waals surface area (Å²) in [5.74, 6) is -0.0125. The van der Waals surface area contributed by atoms with Crippen LogP contribution in [0.2, 0.25) is 0 Å². The number of nitrogens with one attached hydrogen (secondary N) is 1. The molecule has 0 aliphatic carbocycles. The molecule has 132 valence electrons. The summed E-state index contributed by atoms with van der Waals surface area (Å²) in [5, 5.41) is 6.94. The Hall–Kier alpha value is -2.70. The lowest BCUT2D eigenvalue weighted by Crippen LogP contribution is -2.46. The molecule has 2 amide bonds. The molecule has 7 heteroatoms. The average molecular weight is 341 g/mol. The lowest BCUT2D eigenvalue weighted by molar-refractivity contribution is -0.135. The Morgan fingerprint density at radius 3 is 2.80 bits per heavy atom. The van der Waals surface area contributed by atoms with Gasteiger partial charge in [0.05, 0.1) is 0 Å². The van der Waals surface area contributed by atoms with Gasteiger partial charge < -0.3 is 10.2 Å².